The van der Waals surface area contributed by atoms with Crippen LogP contribution < -0.4 is 5.30 Å². The Morgan fingerprint density at radius 2 is 1.50 bits per heavy atom. The summed E-state index contributed by atoms with van der Waals surface area (Å²) in [6, 6.07) is 16.7. The van der Waals surface area contributed by atoms with E-state index in [9.17, 15) is 19.4 Å². The average Bonchev–Trinajstić information content (AvgIpc) is 2.46. The molecule has 0 spiro atoms. The molecule has 0 bridgehead atoms. The lowest BCUT2D eigenvalue weighted by molar-refractivity contribution is -0.138. The second-order valence-corrected chi connectivity index (χ2v) is 6.81. The Balaban J connectivity index is 2.30. The summed E-state index contributed by atoms with van der Waals surface area (Å²) in [5.74, 6) is -2.09. The molecule has 2 N–H and O–H groups in total. The predicted octanol–water partition coefficient (Wildman–Crippen LogP) is 2.45. The van der Waals surface area contributed by atoms with Crippen LogP contribution in [0.25, 0.3) is 0 Å². The molecule has 5 heteroatoms. The van der Waals surface area contributed by atoms with E-state index in [1.165, 1.54) is 0 Å². The highest BCUT2D eigenvalue weighted by Crippen LogP contribution is 2.43. The maximum Gasteiger partial charge on any atom is 0.311 e. The van der Waals surface area contributed by atoms with Crippen LogP contribution in [0, 0.1) is 0 Å². The molecule has 0 aromatic heterocycles. The Kier molecular flexibility index (Phi) is 4.38. The van der Waals surface area contributed by atoms with Gasteiger partial charge in [0.25, 0.3) is 0 Å². The van der Waals surface area contributed by atoms with Gasteiger partial charge in [0.1, 0.15) is 0 Å². The third-order valence-corrected chi connectivity index (χ3v) is 5.05. The van der Waals surface area contributed by atoms with Crippen LogP contribution in [0.2, 0.25) is 0 Å². The molecule has 0 aliphatic heterocycles. The molecular weight excluding hydrogens is 275 g/mol. The van der Waals surface area contributed by atoms with E-state index in [2.05, 4.69) is 0 Å². The van der Waals surface area contributed by atoms with Gasteiger partial charge in [0.05, 0.1) is 5.92 Å². The lowest BCUT2D eigenvalue weighted by atomic mass is 10.0. The summed E-state index contributed by atoms with van der Waals surface area (Å²) in [5.41, 5.74) is 0.533. The van der Waals surface area contributed by atoms with Gasteiger partial charge in [-0.15, -0.1) is 0 Å². The normalized spacial score (nSPS) is 15.2. The van der Waals surface area contributed by atoms with Gasteiger partial charge < -0.3 is 10.00 Å². The van der Waals surface area contributed by atoms with Crippen molar-refractivity contribution in [2.45, 2.75) is 5.92 Å². The molecule has 0 fully saturated rings. The molecule has 104 valence electrons. The molecule has 0 heterocycles. The van der Waals surface area contributed by atoms with Crippen molar-refractivity contribution in [3.63, 3.8) is 0 Å². The van der Waals surface area contributed by atoms with E-state index >= 15 is 0 Å². The first-order valence-electron chi connectivity index (χ1n) is 6.16. The first-order valence-corrected chi connectivity index (χ1v) is 8.00. The minimum Gasteiger partial charge on any atom is -0.481 e. The number of rotatable bonds is 5. The highest BCUT2D eigenvalue weighted by molar-refractivity contribution is 7.66. The van der Waals surface area contributed by atoms with E-state index in [0.717, 1.165) is 0 Å². The Labute approximate surface area is 117 Å². The Hall–Kier alpha value is -1.90. The zero-order valence-corrected chi connectivity index (χ0v) is 11.6. The molecule has 0 saturated carbocycles. The highest BCUT2D eigenvalue weighted by atomic mass is 31.2. The monoisotopic (exact) mass is 290 g/mol. The van der Waals surface area contributed by atoms with Crippen LogP contribution in [0.1, 0.15) is 11.5 Å². The van der Waals surface area contributed by atoms with Gasteiger partial charge in [-0.1, -0.05) is 48.5 Å². The van der Waals surface area contributed by atoms with Gasteiger partial charge >= 0.3 is 5.97 Å². The number of hydrogen-bond donors (Lipinski definition) is 2. The fourth-order valence-corrected chi connectivity index (χ4v) is 3.74. The SMILES string of the molecule is O=C(O)C(CP(=O)(O)c1ccccc1)c1ccccc1. The first kappa shape index (κ1) is 14.5. The average molecular weight is 290 g/mol. The van der Waals surface area contributed by atoms with Crippen LogP contribution in [0.4, 0.5) is 0 Å². The largest absolute Gasteiger partial charge is 0.481 e. The van der Waals surface area contributed by atoms with Gasteiger partial charge in [0.15, 0.2) is 0 Å². The summed E-state index contributed by atoms with van der Waals surface area (Å²) in [4.78, 5) is 21.5. The quantitative estimate of drug-likeness (QED) is 0.829. The van der Waals surface area contributed by atoms with Crippen molar-refractivity contribution in [1.29, 1.82) is 0 Å². The summed E-state index contributed by atoms with van der Waals surface area (Å²) in [7, 11) is -3.70. The van der Waals surface area contributed by atoms with Crippen LogP contribution >= 0.6 is 7.37 Å². The molecule has 4 nitrogen and oxygen atoms in total. The third kappa shape index (κ3) is 3.35. The smallest absolute Gasteiger partial charge is 0.311 e. The number of hydrogen-bond acceptors (Lipinski definition) is 2. The summed E-state index contributed by atoms with van der Waals surface area (Å²) < 4.78 is 12.4. The van der Waals surface area contributed by atoms with Crippen molar-refractivity contribution in [3.8, 4) is 0 Å². The van der Waals surface area contributed by atoms with E-state index in [1.807, 2.05) is 0 Å². The van der Waals surface area contributed by atoms with E-state index in [1.54, 1.807) is 60.7 Å². The lowest BCUT2D eigenvalue weighted by Gasteiger charge is -2.17. The number of carboxylic acid groups (broad SMARTS) is 1. The number of benzene rings is 2. The molecule has 0 aliphatic rings. The van der Waals surface area contributed by atoms with Crippen molar-refractivity contribution >= 4 is 18.6 Å². The van der Waals surface area contributed by atoms with Gasteiger partial charge in [-0.25, -0.2) is 0 Å². The topological polar surface area (TPSA) is 74.6 Å². The highest BCUT2D eigenvalue weighted by Gasteiger charge is 2.31. The van der Waals surface area contributed by atoms with Gasteiger partial charge in [-0.2, -0.15) is 0 Å². The summed E-state index contributed by atoms with van der Waals surface area (Å²) >= 11 is 0. The number of carboxylic acids is 1. The van der Waals surface area contributed by atoms with Gasteiger partial charge in [-0.05, 0) is 17.7 Å². The Bertz CT molecular complexity index is 625. The summed E-state index contributed by atoms with van der Waals surface area (Å²) in [6.07, 6.45) is -0.309. The standard InChI is InChI=1S/C15H15O4P/c16-15(17)14(12-7-3-1-4-8-12)11-20(18,19)13-9-5-2-6-10-13/h1-10,14H,11H2,(H,16,17)(H,18,19). The molecule has 20 heavy (non-hydrogen) atoms. The maximum atomic E-state index is 12.4. The van der Waals surface area contributed by atoms with Gasteiger partial charge in [-0.3, -0.25) is 9.36 Å². The first-order chi connectivity index (χ1) is 9.50. The summed E-state index contributed by atoms with van der Waals surface area (Å²) in [6.45, 7) is 0. The van der Waals surface area contributed by atoms with E-state index in [-0.39, 0.29) is 11.5 Å². The zero-order chi connectivity index (χ0) is 14.6. The van der Waals surface area contributed by atoms with Crippen molar-refractivity contribution in [2.75, 3.05) is 6.16 Å². The van der Waals surface area contributed by atoms with Crippen LogP contribution in [0.5, 0.6) is 0 Å². The fourth-order valence-electron chi connectivity index (χ4n) is 2.03. The van der Waals surface area contributed by atoms with Crippen molar-refractivity contribution in [3.05, 3.63) is 66.2 Å². The van der Waals surface area contributed by atoms with Crippen LogP contribution in [-0.4, -0.2) is 22.1 Å². The van der Waals surface area contributed by atoms with Crippen molar-refractivity contribution in [2.24, 2.45) is 0 Å². The zero-order valence-electron chi connectivity index (χ0n) is 10.7. The van der Waals surface area contributed by atoms with Crippen molar-refractivity contribution < 1.29 is 19.4 Å². The lowest BCUT2D eigenvalue weighted by Crippen LogP contribution is -2.19. The number of aliphatic carboxylic acids is 1. The fraction of sp³-hybridized carbons (Fsp3) is 0.133. The molecule has 0 amide bonds. The Morgan fingerprint density at radius 3 is 2.00 bits per heavy atom. The van der Waals surface area contributed by atoms with Gasteiger partial charge in [0, 0.05) is 11.5 Å². The molecule has 0 aliphatic carbocycles. The van der Waals surface area contributed by atoms with E-state index in [4.69, 9.17) is 0 Å². The molecular formula is C15H15O4P. The second-order valence-electron chi connectivity index (χ2n) is 4.52. The molecule has 2 aromatic rings. The maximum absolute atomic E-state index is 12.4. The third-order valence-electron chi connectivity index (χ3n) is 3.09. The van der Waals surface area contributed by atoms with Crippen molar-refractivity contribution in [1.82, 2.24) is 0 Å². The van der Waals surface area contributed by atoms with Crippen LogP contribution in [0.3, 0.4) is 0 Å². The predicted molar refractivity (Wildman–Crippen MR) is 77.6 cm³/mol. The molecule has 2 rings (SSSR count). The molecule has 0 saturated heterocycles. The molecule has 2 unspecified atom stereocenters. The number of carbonyl (C=O) groups is 1. The van der Waals surface area contributed by atoms with Crippen LogP contribution in [-0.2, 0) is 9.36 Å². The minimum atomic E-state index is -3.70. The molecule has 0 radical (unpaired) electrons. The van der Waals surface area contributed by atoms with Gasteiger partial charge in [0.2, 0.25) is 7.37 Å². The Morgan fingerprint density at radius 1 is 1.00 bits per heavy atom. The van der Waals surface area contributed by atoms with E-state index < -0.39 is 19.3 Å². The van der Waals surface area contributed by atoms with E-state index in [0.29, 0.717) is 5.56 Å². The summed E-state index contributed by atoms with van der Waals surface area (Å²) in [5, 5.41) is 9.58. The van der Waals surface area contributed by atoms with Crippen LogP contribution in [0.15, 0.2) is 60.7 Å². The minimum absolute atomic E-state index is 0.280. The molecule has 2 atom stereocenters. The second kappa shape index (κ2) is 6.04. The molecule has 2 aromatic carbocycles.